The van der Waals surface area contributed by atoms with Gasteiger partial charge in [-0.25, -0.2) is 9.59 Å². The van der Waals surface area contributed by atoms with E-state index in [0.29, 0.717) is 54.5 Å². The van der Waals surface area contributed by atoms with Gasteiger partial charge in [0.15, 0.2) is 0 Å². The van der Waals surface area contributed by atoms with Gasteiger partial charge >= 0.3 is 23.9 Å². The molecule has 8 heterocycles. The summed E-state index contributed by atoms with van der Waals surface area (Å²) in [4.78, 5) is 48.2. The van der Waals surface area contributed by atoms with Crippen molar-refractivity contribution in [2.24, 2.45) is 0 Å². The summed E-state index contributed by atoms with van der Waals surface area (Å²) in [5.41, 5.74) is -4.39. The zero-order chi connectivity index (χ0) is 62.7. The first-order valence-electron chi connectivity index (χ1n) is 28.6. The van der Waals surface area contributed by atoms with Crippen molar-refractivity contribution in [2.45, 2.75) is 210 Å². The first kappa shape index (κ1) is 73.3. The number of non-ortho nitro benzene ring substituents is 2. The number of benzene rings is 2. The number of carbonyl (C=O) groups excluding carboxylic acids is 2. The van der Waals surface area contributed by atoms with E-state index >= 15 is 0 Å². The van der Waals surface area contributed by atoms with Crippen molar-refractivity contribution >= 4 is 120 Å². The summed E-state index contributed by atoms with van der Waals surface area (Å²) in [6.45, 7) is 0.765. The van der Waals surface area contributed by atoms with Gasteiger partial charge < -0.3 is 34.1 Å². The number of nitrogens with zero attached hydrogens (tertiary/aromatic N) is 5. The molecule has 2 aromatic rings. The largest absolute Gasteiger partial charge is 0.493 e. The van der Waals surface area contributed by atoms with E-state index in [1.807, 2.05) is 4.90 Å². The molecule has 8 saturated heterocycles. The van der Waals surface area contributed by atoms with Crippen molar-refractivity contribution in [3.63, 3.8) is 0 Å². The molecule has 482 valence electrons. The summed E-state index contributed by atoms with van der Waals surface area (Å²) in [6, 6.07) is 10.3. The molecule has 8 aliphatic rings. The summed E-state index contributed by atoms with van der Waals surface area (Å²) >= 11 is 40.0. The van der Waals surface area contributed by atoms with Crippen molar-refractivity contribution in [3.05, 3.63) is 67.8 Å². The van der Waals surface area contributed by atoms with Gasteiger partial charge in [-0.2, -0.15) is 26.3 Å². The molecule has 1 amide bonds. The monoisotopic (exact) mass is 1420 g/mol. The maximum Gasteiger partial charge on any atom is 0.416 e. The van der Waals surface area contributed by atoms with Crippen LogP contribution in [0.25, 0.3) is 0 Å². The molecule has 16 nitrogen and oxygen atoms in total. The minimum atomic E-state index is -4.64. The lowest BCUT2D eigenvalue weighted by molar-refractivity contribution is -0.385. The minimum Gasteiger partial charge on any atom is -0.493 e. The first-order chi connectivity index (χ1) is 39.9. The van der Waals surface area contributed by atoms with Gasteiger partial charge in [0.05, 0.1) is 46.3 Å². The molecule has 85 heavy (non-hydrogen) atoms. The maximum absolute atomic E-state index is 12.9. The summed E-state index contributed by atoms with van der Waals surface area (Å²) in [5.74, 6) is -0.263. The molecule has 0 radical (unpaired) electrons. The number of nitro groups is 2. The van der Waals surface area contributed by atoms with Gasteiger partial charge in [0, 0.05) is 83.9 Å². The summed E-state index contributed by atoms with van der Waals surface area (Å²) in [6.07, 6.45) is 17.9. The summed E-state index contributed by atoms with van der Waals surface area (Å²) in [5, 5.41) is 25.6. The van der Waals surface area contributed by atoms with Crippen LogP contribution < -0.4 is 14.8 Å². The van der Waals surface area contributed by atoms with Crippen LogP contribution in [0.3, 0.4) is 0 Å². The number of rotatable bonds is 13. The molecule has 0 spiro atoms. The van der Waals surface area contributed by atoms with Crippen LogP contribution >= 0.6 is 97.1 Å². The first-order valence-corrected chi connectivity index (χ1v) is 32.4. The lowest BCUT2D eigenvalue weighted by atomic mass is 10.0. The van der Waals surface area contributed by atoms with Crippen LogP contribution in [0.15, 0.2) is 36.4 Å². The molecule has 30 heteroatoms. The zero-order valence-electron chi connectivity index (χ0n) is 47.0. The van der Waals surface area contributed by atoms with Crippen LogP contribution in [0, 0.1) is 20.2 Å². The molecular formula is C55H74BrCl7F6N6O10. The number of hydrogen-bond donors (Lipinski definition) is 1. The maximum atomic E-state index is 12.9. The predicted octanol–water partition coefficient (Wildman–Crippen LogP) is 17.3. The third-order valence-corrected chi connectivity index (χ3v) is 17.5. The Morgan fingerprint density at radius 2 is 0.965 bits per heavy atom. The molecule has 0 aromatic heterocycles. The third kappa shape index (κ3) is 25.8. The van der Waals surface area contributed by atoms with Gasteiger partial charge in [0.25, 0.3) is 11.4 Å². The highest BCUT2D eigenvalue weighted by atomic mass is 79.9. The Hall–Kier alpha value is -2.45. The Morgan fingerprint density at radius 1 is 0.576 bits per heavy atom. The average Bonchev–Trinajstić information content (AvgIpc) is 3.39. The number of nitrogens with one attached hydrogen (secondary N) is 1. The molecule has 10 rings (SSSR count). The number of alkyl halides is 13. The van der Waals surface area contributed by atoms with Crippen molar-refractivity contribution < 1.29 is 64.7 Å². The van der Waals surface area contributed by atoms with Gasteiger partial charge in [-0.15, -0.1) is 0 Å². The van der Waals surface area contributed by atoms with Gasteiger partial charge in [-0.3, -0.25) is 25.1 Å². The van der Waals surface area contributed by atoms with E-state index in [-0.39, 0.29) is 44.0 Å². The normalized spacial score (nSPS) is 24.9. The van der Waals surface area contributed by atoms with E-state index in [2.05, 4.69) is 42.8 Å². The Balaban J connectivity index is 0.000000196. The summed E-state index contributed by atoms with van der Waals surface area (Å²) in [7, 11) is 2.29. The van der Waals surface area contributed by atoms with Crippen LogP contribution in [-0.4, -0.2) is 137 Å². The third-order valence-electron chi connectivity index (χ3n) is 16.2. The van der Waals surface area contributed by atoms with E-state index in [1.54, 1.807) is 0 Å². The quantitative estimate of drug-likeness (QED) is 0.0500. The Morgan fingerprint density at radius 3 is 1.34 bits per heavy atom. The second-order valence-corrected chi connectivity index (χ2v) is 28.3. The molecule has 2 aromatic carbocycles. The fourth-order valence-corrected chi connectivity index (χ4v) is 12.9. The SMILES string of the molecule is C1CC2CCC(C1)N2.CN1C2CCCC1CC2.O=C(Cl)OCC(Cl)(Cl)Cl.O=C(OCC(Cl)(Cl)Cl)N1C2CCCC1CC2.O=[N+]([O-])c1cc(OCCCBr)cc(C(F)(F)F)c1.O=[N+]([O-])c1cc(OCCCN2C3CCCC2CC3)cc(C(F)(F)F)c1. The standard InChI is InChI=1S/C17H21F3N2O3.C10H9BrF3NO3.C10H14Cl3NO2.C8H15N.C7H13N.C3H2Cl4O2/c18-17(19,20)12-9-15(22(23)24)11-16(10-12)25-8-2-7-21-13-3-1-4-14(21)6-5-13;11-2-1-3-18-9-5-7(10(12,13)14)4-8(6-9)15(16)17;11-10(12,13)6-16-9(15)14-7-2-1-3-8(14)5-4-7;1-9-7-3-2-4-8(9)6-5-7;1-2-6-4-5-7(3-1)8-6;4-2(8)9-1-3(5,6)7/h9-11,13-14H,1-8H2;4-6H,1-3H2;7-8H,1-6H2;7-8H,2-6H2,1H3;6-8H,1-5H2;1H2. The van der Waals surface area contributed by atoms with E-state index in [0.717, 1.165) is 80.7 Å². The number of carbonyl (C=O) groups is 2. The molecule has 8 unspecified atom stereocenters. The molecule has 0 saturated carbocycles. The highest BCUT2D eigenvalue weighted by Gasteiger charge is 2.42. The number of fused-ring (bicyclic) bond motifs is 8. The molecule has 8 aliphatic heterocycles. The highest BCUT2D eigenvalue weighted by Crippen LogP contribution is 2.40. The lowest BCUT2D eigenvalue weighted by Crippen LogP contribution is -2.44. The topological polar surface area (TPSA) is 179 Å². The Bertz CT molecular complexity index is 2400. The summed E-state index contributed by atoms with van der Waals surface area (Å²) < 4.78 is 92.6. The van der Waals surface area contributed by atoms with Gasteiger partial charge in [-0.05, 0) is 141 Å². The zero-order valence-corrected chi connectivity index (χ0v) is 53.9. The fraction of sp³-hybridized carbons (Fsp3) is 0.745. The van der Waals surface area contributed by atoms with Gasteiger partial charge in [0.2, 0.25) is 7.59 Å². The average molecular weight is 1420 g/mol. The van der Waals surface area contributed by atoms with E-state index in [9.17, 15) is 56.2 Å². The molecule has 8 fully saturated rings. The minimum absolute atomic E-state index is 0.108. The smallest absolute Gasteiger partial charge is 0.416 e. The molecule has 1 N–H and O–H groups in total. The number of nitro benzene ring substituents is 2. The lowest BCUT2D eigenvalue weighted by Gasteiger charge is -2.34. The van der Waals surface area contributed by atoms with Crippen molar-refractivity contribution in [3.8, 4) is 11.5 Å². The van der Waals surface area contributed by atoms with Crippen LogP contribution in [0.1, 0.15) is 152 Å². The number of amides is 1. The number of ether oxygens (including phenoxy) is 4. The van der Waals surface area contributed by atoms with Crippen LogP contribution in [0.5, 0.6) is 11.5 Å². The fourth-order valence-electron chi connectivity index (χ4n) is 12.3. The van der Waals surface area contributed by atoms with Crippen LogP contribution in [0.2, 0.25) is 0 Å². The van der Waals surface area contributed by atoms with Crippen molar-refractivity contribution in [1.82, 2.24) is 20.0 Å². The van der Waals surface area contributed by atoms with E-state index in [4.69, 9.17) is 95.4 Å². The Labute approximate surface area is 535 Å². The number of hydrogen-bond acceptors (Lipinski definition) is 13. The molecule has 8 atom stereocenters. The van der Waals surface area contributed by atoms with E-state index < -0.39 is 57.7 Å². The number of halogens is 14. The molecule has 0 aliphatic carbocycles. The van der Waals surface area contributed by atoms with Gasteiger partial charge in [-0.1, -0.05) is 105 Å². The van der Waals surface area contributed by atoms with Crippen LogP contribution in [0.4, 0.5) is 47.3 Å². The molecular weight excluding hydrogens is 1350 g/mol. The Kier molecular flexibility index (Phi) is 29.9. The van der Waals surface area contributed by atoms with Gasteiger partial charge in [0.1, 0.15) is 24.7 Å². The second-order valence-electron chi connectivity index (χ2n) is 22.2. The van der Waals surface area contributed by atoms with Crippen molar-refractivity contribution in [2.75, 3.05) is 45.4 Å². The highest BCUT2D eigenvalue weighted by molar-refractivity contribution is 9.09. The predicted molar refractivity (Wildman–Crippen MR) is 321 cm³/mol. The van der Waals surface area contributed by atoms with Crippen molar-refractivity contribution in [1.29, 1.82) is 0 Å². The second kappa shape index (κ2) is 34.7. The number of piperidine rings is 4. The van der Waals surface area contributed by atoms with E-state index in [1.165, 1.54) is 103 Å². The molecule has 8 bridgehead atoms. The van der Waals surface area contributed by atoms with Crippen LogP contribution in [-0.2, 0) is 21.8 Å².